The summed E-state index contributed by atoms with van der Waals surface area (Å²) in [5.41, 5.74) is 0. The van der Waals surface area contributed by atoms with Gasteiger partial charge in [0, 0.05) is 20.5 Å². The molecule has 0 aliphatic carbocycles. The number of nitrogens with zero attached hydrogens (tertiary/aromatic N) is 1. The molecule has 15 heavy (non-hydrogen) atoms. The summed E-state index contributed by atoms with van der Waals surface area (Å²) in [6, 6.07) is -0.513. The van der Waals surface area contributed by atoms with Crippen LogP contribution >= 0.6 is 0 Å². The van der Waals surface area contributed by atoms with E-state index in [-0.39, 0.29) is 11.8 Å². The highest BCUT2D eigenvalue weighted by atomic mass is 16.3. The minimum absolute atomic E-state index is 0.147. The van der Waals surface area contributed by atoms with Crippen LogP contribution in [0.25, 0.3) is 0 Å². The molecule has 0 saturated carbocycles. The molecule has 5 nitrogen and oxygen atoms in total. The number of likely N-dealkylation sites (N-methyl/N-ethyl adjacent to an activating group) is 1. The van der Waals surface area contributed by atoms with Crippen LogP contribution in [0.1, 0.15) is 27.2 Å². The summed E-state index contributed by atoms with van der Waals surface area (Å²) in [5, 5.41) is 11.6. The van der Waals surface area contributed by atoms with Gasteiger partial charge < -0.3 is 15.3 Å². The number of nitrogens with one attached hydrogen (secondary N) is 1. The van der Waals surface area contributed by atoms with Gasteiger partial charge in [0.25, 0.3) is 0 Å². The summed E-state index contributed by atoms with van der Waals surface area (Å²) in [4.78, 5) is 23.9. The third kappa shape index (κ3) is 6.06. The molecule has 0 aliphatic rings. The van der Waals surface area contributed by atoms with Crippen molar-refractivity contribution in [1.82, 2.24) is 10.2 Å². The van der Waals surface area contributed by atoms with Crippen molar-refractivity contribution in [2.24, 2.45) is 0 Å². The van der Waals surface area contributed by atoms with Crippen LogP contribution in [-0.4, -0.2) is 47.6 Å². The molecule has 0 spiro atoms. The van der Waals surface area contributed by atoms with Gasteiger partial charge in [0.15, 0.2) is 0 Å². The molecule has 0 aromatic carbocycles. The first-order valence-electron chi connectivity index (χ1n) is 5.04. The molecule has 0 aromatic rings. The highest BCUT2D eigenvalue weighted by molar-refractivity contribution is 5.86. The van der Waals surface area contributed by atoms with Gasteiger partial charge in [0.1, 0.15) is 6.04 Å². The molecule has 0 heterocycles. The summed E-state index contributed by atoms with van der Waals surface area (Å²) in [6.07, 6.45) is 0.117. The Balaban J connectivity index is 4.01. The van der Waals surface area contributed by atoms with Crippen molar-refractivity contribution in [2.75, 3.05) is 13.6 Å². The molecule has 0 radical (unpaired) electrons. The maximum Gasteiger partial charge on any atom is 0.244 e. The Bertz CT molecular complexity index is 229. The van der Waals surface area contributed by atoms with Crippen molar-refractivity contribution < 1.29 is 14.7 Å². The number of rotatable bonds is 5. The van der Waals surface area contributed by atoms with Crippen molar-refractivity contribution >= 4 is 11.8 Å². The van der Waals surface area contributed by atoms with Crippen LogP contribution in [0, 0.1) is 0 Å². The number of hydrogen-bond acceptors (Lipinski definition) is 3. The zero-order valence-corrected chi connectivity index (χ0v) is 9.78. The molecular formula is C10H20N2O3. The third-order valence-electron chi connectivity index (χ3n) is 2.05. The van der Waals surface area contributed by atoms with E-state index in [4.69, 9.17) is 5.11 Å². The van der Waals surface area contributed by atoms with Crippen LogP contribution in [0.3, 0.4) is 0 Å². The van der Waals surface area contributed by atoms with Crippen LogP contribution in [-0.2, 0) is 9.59 Å². The summed E-state index contributed by atoms with van der Waals surface area (Å²) >= 11 is 0. The summed E-state index contributed by atoms with van der Waals surface area (Å²) in [7, 11) is 1.66. The molecule has 2 amide bonds. The van der Waals surface area contributed by atoms with Gasteiger partial charge in [-0.15, -0.1) is 0 Å². The molecule has 2 atom stereocenters. The van der Waals surface area contributed by atoms with E-state index in [0.29, 0.717) is 13.0 Å². The van der Waals surface area contributed by atoms with E-state index < -0.39 is 12.1 Å². The molecule has 5 heteroatoms. The van der Waals surface area contributed by atoms with Gasteiger partial charge in [-0.2, -0.15) is 0 Å². The second-order valence-corrected chi connectivity index (χ2v) is 3.82. The van der Waals surface area contributed by atoms with E-state index >= 15 is 0 Å². The predicted molar refractivity (Wildman–Crippen MR) is 57.2 cm³/mol. The van der Waals surface area contributed by atoms with Gasteiger partial charge in [-0.1, -0.05) is 0 Å². The number of carbonyl (C=O) groups is 2. The van der Waals surface area contributed by atoms with Crippen LogP contribution in [0.5, 0.6) is 0 Å². The minimum atomic E-state index is -0.513. The molecule has 0 aliphatic heterocycles. The normalized spacial score (nSPS) is 14.2. The lowest BCUT2D eigenvalue weighted by atomic mass is 10.2. The number of hydrogen-bond donors (Lipinski definition) is 2. The Morgan fingerprint density at radius 2 is 1.93 bits per heavy atom. The van der Waals surface area contributed by atoms with E-state index in [1.807, 2.05) is 0 Å². The number of aliphatic hydroxyl groups excluding tert-OH is 1. The zero-order chi connectivity index (χ0) is 12.0. The Morgan fingerprint density at radius 3 is 2.33 bits per heavy atom. The largest absolute Gasteiger partial charge is 0.393 e. The van der Waals surface area contributed by atoms with Crippen LogP contribution < -0.4 is 5.32 Å². The topological polar surface area (TPSA) is 69.6 Å². The highest BCUT2D eigenvalue weighted by Crippen LogP contribution is 1.97. The highest BCUT2D eigenvalue weighted by Gasteiger charge is 2.17. The number of aliphatic hydroxyl groups is 1. The summed E-state index contributed by atoms with van der Waals surface area (Å²) in [6.45, 7) is 5.18. The van der Waals surface area contributed by atoms with Crippen molar-refractivity contribution in [1.29, 1.82) is 0 Å². The van der Waals surface area contributed by atoms with Crippen LogP contribution in [0.2, 0.25) is 0 Å². The maximum atomic E-state index is 11.6. The van der Waals surface area contributed by atoms with Crippen molar-refractivity contribution in [3.8, 4) is 0 Å². The fraction of sp³-hybridized carbons (Fsp3) is 0.800. The molecule has 0 aromatic heterocycles. The Hall–Kier alpha value is -1.10. The average molecular weight is 216 g/mol. The summed E-state index contributed by atoms with van der Waals surface area (Å²) in [5.74, 6) is -0.370. The van der Waals surface area contributed by atoms with E-state index in [1.165, 1.54) is 11.8 Å². The third-order valence-corrected chi connectivity index (χ3v) is 2.05. The first-order chi connectivity index (χ1) is 6.84. The molecule has 0 bridgehead atoms. The molecule has 0 fully saturated rings. The van der Waals surface area contributed by atoms with Gasteiger partial charge in [0.2, 0.25) is 11.8 Å². The lowest BCUT2D eigenvalue weighted by molar-refractivity contribution is -0.134. The fourth-order valence-electron chi connectivity index (χ4n) is 1.19. The van der Waals surface area contributed by atoms with E-state index in [0.717, 1.165) is 0 Å². The SMILES string of the molecule is CC(=O)NC(C)C(=O)N(C)CCC(C)O. The second-order valence-electron chi connectivity index (χ2n) is 3.82. The quantitative estimate of drug-likeness (QED) is 0.665. The standard InChI is InChI=1S/C10H20N2O3/c1-7(13)5-6-12(4)10(15)8(2)11-9(3)14/h7-8,13H,5-6H2,1-4H3,(H,11,14). The van der Waals surface area contributed by atoms with Gasteiger partial charge >= 0.3 is 0 Å². The fourth-order valence-corrected chi connectivity index (χ4v) is 1.19. The van der Waals surface area contributed by atoms with Crippen molar-refractivity contribution in [2.45, 2.75) is 39.3 Å². The first-order valence-corrected chi connectivity index (χ1v) is 5.04. The molecule has 2 unspecified atom stereocenters. The lowest BCUT2D eigenvalue weighted by Gasteiger charge is -2.22. The predicted octanol–water partition coefficient (Wildman–Crippen LogP) is -0.260. The Labute approximate surface area is 90.5 Å². The van der Waals surface area contributed by atoms with Crippen LogP contribution in [0.15, 0.2) is 0 Å². The average Bonchev–Trinajstić information content (AvgIpc) is 2.11. The number of carbonyl (C=O) groups excluding carboxylic acids is 2. The van der Waals surface area contributed by atoms with E-state index in [2.05, 4.69) is 5.32 Å². The smallest absolute Gasteiger partial charge is 0.244 e. The zero-order valence-electron chi connectivity index (χ0n) is 9.78. The van der Waals surface area contributed by atoms with Crippen molar-refractivity contribution in [3.05, 3.63) is 0 Å². The molecule has 0 rings (SSSR count). The Morgan fingerprint density at radius 1 is 1.40 bits per heavy atom. The van der Waals surface area contributed by atoms with Gasteiger partial charge in [-0.3, -0.25) is 9.59 Å². The van der Waals surface area contributed by atoms with Gasteiger partial charge in [0.05, 0.1) is 6.10 Å². The molecule has 88 valence electrons. The number of amides is 2. The lowest BCUT2D eigenvalue weighted by Crippen LogP contribution is -2.45. The monoisotopic (exact) mass is 216 g/mol. The van der Waals surface area contributed by atoms with Crippen LogP contribution in [0.4, 0.5) is 0 Å². The molecule has 2 N–H and O–H groups in total. The van der Waals surface area contributed by atoms with Gasteiger partial charge in [-0.05, 0) is 20.3 Å². The molecule has 0 saturated heterocycles. The first kappa shape index (κ1) is 13.9. The summed E-state index contributed by atoms with van der Waals surface area (Å²) < 4.78 is 0. The molecular weight excluding hydrogens is 196 g/mol. The maximum absolute atomic E-state index is 11.6. The second kappa shape index (κ2) is 6.40. The minimum Gasteiger partial charge on any atom is -0.393 e. The van der Waals surface area contributed by atoms with Crippen molar-refractivity contribution in [3.63, 3.8) is 0 Å². The van der Waals surface area contributed by atoms with E-state index in [1.54, 1.807) is 20.9 Å². The Kier molecular flexibility index (Phi) is 5.93. The van der Waals surface area contributed by atoms with Gasteiger partial charge in [-0.25, -0.2) is 0 Å². The van der Waals surface area contributed by atoms with E-state index in [9.17, 15) is 9.59 Å².